The van der Waals surface area contributed by atoms with Gasteiger partial charge in [0.15, 0.2) is 0 Å². The molecule has 1 amide bonds. The summed E-state index contributed by atoms with van der Waals surface area (Å²) in [6, 6.07) is 5.80. The molecule has 0 fully saturated rings. The van der Waals surface area contributed by atoms with Crippen molar-refractivity contribution in [1.29, 1.82) is 0 Å². The maximum Gasteiger partial charge on any atom is 0.326 e. The molecule has 1 unspecified atom stereocenters. The van der Waals surface area contributed by atoms with Crippen molar-refractivity contribution >= 4 is 11.9 Å². The number of carboxylic acids is 1. The van der Waals surface area contributed by atoms with Gasteiger partial charge in [-0.1, -0.05) is 25.5 Å². The summed E-state index contributed by atoms with van der Waals surface area (Å²) < 4.78 is 1.35. The molecule has 2 aromatic rings. The molecule has 110 valence electrons. The molecule has 21 heavy (non-hydrogen) atoms. The third kappa shape index (κ3) is 3.41. The van der Waals surface area contributed by atoms with Crippen LogP contribution in [0.3, 0.4) is 0 Å². The van der Waals surface area contributed by atoms with E-state index in [9.17, 15) is 9.59 Å². The molecule has 2 rings (SSSR count). The van der Waals surface area contributed by atoms with E-state index in [1.54, 1.807) is 24.3 Å². The molecule has 1 heterocycles. The maximum absolute atomic E-state index is 12.3. The Balaban J connectivity index is 2.25. The van der Waals surface area contributed by atoms with Gasteiger partial charge in [0, 0.05) is 0 Å². The van der Waals surface area contributed by atoms with E-state index in [0.29, 0.717) is 24.1 Å². The molecule has 0 aliphatic heterocycles. The van der Waals surface area contributed by atoms with Gasteiger partial charge in [0.25, 0.3) is 5.91 Å². The molecule has 0 spiro atoms. The number of hydrogen-bond donors (Lipinski definition) is 2. The quantitative estimate of drug-likeness (QED) is 0.807. The monoisotopic (exact) mass is 289 g/mol. The highest BCUT2D eigenvalue weighted by Crippen LogP contribution is 2.13. The van der Waals surface area contributed by atoms with Crippen LogP contribution in [0.1, 0.15) is 30.1 Å². The van der Waals surface area contributed by atoms with Crippen LogP contribution in [0.4, 0.5) is 0 Å². The minimum Gasteiger partial charge on any atom is -0.480 e. The first-order chi connectivity index (χ1) is 10.1. The molecule has 1 atom stereocenters. The summed E-state index contributed by atoms with van der Waals surface area (Å²) in [5, 5.41) is 22.4. The fraction of sp³-hybridized carbons (Fsp3) is 0.308. The van der Waals surface area contributed by atoms with E-state index in [4.69, 9.17) is 5.11 Å². The second kappa shape index (κ2) is 6.60. The van der Waals surface area contributed by atoms with Crippen LogP contribution in [-0.2, 0) is 4.79 Å². The number of para-hydroxylation sites is 1. The van der Waals surface area contributed by atoms with Crippen LogP contribution in [-0.4, -0.2) is 43.2 Å². The third-order valence-corrected chi connectivity index (χ3v) is 2.93. The Morgan fingerprint density at radius 1 is 1.38 bits per heavy atom. The highest BCUT2D eigenvalue weighted by Gasteiger charge is 2.21. The predicted octanol–water partition coefficient (Wildman–Crippen LogP) is 0.645. The van der Waals surface area contributed by atoms with E-state index < -0.39 is 17.9 Å². The van der Waals surface area contributed by atoms with E-state index in [0.717, 1.165) is 0 Å². The molecule has 0 saturated carbocycles. The Morgan fingerprint density at radius 2 is 2.14 bits per heavy atom. The van der Waals surface area contributed by atoms with Crippen molar-refractivity contribution < 1.29 is 14.7 Å². The molecule has 1 aromatic carbocycles. The third-order valence-electron chi connectivity index (χ3n) is 2.93. The first-order valence-electron chi connectivity index (χ1n) is 6.49. The number of carbonyl (C=O) groups is 2. The van der Waals surface area contributed by atoms with Crippen LogP contribution in [0.25, 0.3) is 5.69 Å². The normalized spacial score (nSPS) is 11.9. The first-order valence-corrected chi connectivity index (χ1v) is 6.49. The van der Waals surface area contributed by atoms with Crippen LogP contribution in [0.5, 0.6) is 0 Å². The second-order valence-corrected chi connectivity index (χ2v) is 4.42. The molecular weight excluding hydrogens is 274 g/mol. The van der Waals surface area contributed by atoms with Gasteiger partial charge < -0.3 is 10.4 Å². The van der Waals surface area contributed by atoms with Gasteiger partial charge in [0.2, 0.25) is 0 Å². The van der Waals surface area contributed by atoms with Crippen LogP contribution in [0.2, 0.25) is 0 Å². The number of hydrogen-bond acceptors (Lipinski definition) is 5. The van der Waals surface area contributed by atoms with Crippen molar-refractivity contribution in [3.05, 3.63) is 36.2 Å². The van der Waals surface area contributed by atoms with E-state index in [1.807, 2.05) is 6.92 Å². The largest absolute Gasteiger partial charge is 0.480 e. The number of nitrogens with zero attached hydrogens (tertiary/aromatic N) is 4. The van der Waals surface area contributed by atoms with Gasteiger partial charge in [-0.15, -0.1) is 5.10 Å². The van der Waals surface area contributed by atoms with Crippen LogP contribution < -0.4 is 5.32 Å². The predicted molar refractivity (Wildman–Crippen MR) is 73.0 cm³/mol. The van der Waals surface area contributed by atoms with Gasteiger partial charge in [-0.3, -0.25) is 4.79 Å². The van der Waals surface area contributed by atoms with Crippen molar-refractivity contribution in [3.8, 4) is 5.69 Å². The highest BCUT2D eigenvalue weighted by molar-refractivity contribution is 5.99. The average Bonchev–Trinajstić information content (AvgIpc) is 3.00. The second-order valence-electron chi connectivity index (χ2n) is 4.42. The Morgan fingerprint density at radius 3 is 2.76 bits per heavy atom. The van der Waals surface area contributed by atoms with Gasteiger partial charge in [-0.2, -0.15) is 4.68 Å². The lowest BCUT2D eigenvalue weighted by Crippen LogP contribution is -2.41. The molecule has 0 radical (unpaired) electrons. The molecule has 0 aliphatic rings. The topological polar surface area (TPSA) is 110 Å². The van der Waals surface area contributed by atoms with E-state index in [-0.39, 0.29) is 0 Å². The fourth-order valence-corrected chi connectivity index (χ4v) is 1.92. The summed E-state index contributed by atoms with van der Waals surface area (Å²) in [7, 11) is 0. The maximum atomic E-state index is 12.3. The highest BCUT2D eigenvalue weighted by atomic mass is 16.4. The number of aliphatic carboxylic acids is 1. The van der Waals surface area contributed by atoms with E-state index >= 15 is 0 Å². The molecule has 2 N–H and O–H groups in total. The molecule has 1 aromatic heterocycles. The molecule has 8 heteroatoms. The van der Waals surface area contributed by atoms with Gasteiger partial charge in [0.05, 0.1) is 11.3 Å². The number of tetrazole rings is 1. The molecule has 0 bridgehead atoms. The van der Waals surface area contributed by atoms with Crippen molar-refractivity contribution in [2.75, 3.05) is 0 Å². The summed E-state index contributed by atoms with van der Waals surface area (Å²) in [5.74, 6) is -1.52. The Kier molecular flexibility index (Phi) is 4.60. The van der Waals surface area contributed by atoms with Crippen molar-refractivity contribution in [1.82, 2.24) is 25.5 Å². The summed E-state index contributed by atoms with van der Waals surface area (Å²) in [4.78, 5) is 23.4. The van der Waals surface area contributed by atoms with Gasteiger partial charge in [-0.05, 0) is 29.0 Å². The minimum atomic E-state index is -1.05. The van der Waals surface area contributed by atoms with Crippen LogP contribution in [0.15, 0.2) is 30.6 Å². The van der Waals surface area contributed by atoms with Gasteiger partial charge in [-0.25, -0.2) is 4.79 Å². The summed E-state index contributed by atoms with van der Waals surface area (Å²) in [5.41, 5.74) is 0.799. The summed E-state index contributed by atoms with van der Waals surface area (Å²) >= 11 is 0. The molecule has 0 saturated heterocycles. The Bertz CT molecular complexity index is 626. The number of carbonyl (C=O) groups excluding carboxylic acids is 1. The Hall–Kier alpha value is -2.77. The Labute approximate surface area is 120 Å². The first kappa shape index (κ1) is 14.6. The zero-order valence-electron chi connectivity index (χ0n) is 11.4. The number of benzene rings is 1. The van der Waals surface area contributed by atoms with E-state index in [2.05, 4.69) is 20.8 Å². The van der Waals surface area contributed by atoms with Crippen molar-refractivity contribution in [2.45, 2.75) is 25.8 Å². The van der Waals surface area contributed by atoms with Crippen LogP contribution in [0, 0.1) is 0 Å². The standard InChI is InChI=1S/C13H15N5O3/c1-2-5-10(13(20)21)15-12(19)9-6-3-4-7-11(9)18-8-14-16-17-18/h3-4,6-8,10H,2,5H2,1H3,(H,15,19)(H,20,21). The fourth-order valence-electron chi connectivity index (χ4n) is 1.92. The van der Waals surface area contributed by atoms with Crippen LogP contribution >= 0.6 is 0 Å². The lowest BCUT2D eigenvalue weighted by atomic mass is 10.1. The molecule has 8 nitrogen and oxygen atoms in total. The number of carboxylic acid groups (broad SMARTS) is 1. The van der Waals surface area contributed by atoms with Gasteiger partial charge >= 0.3 is 5.97 Å². The summed E-state index contributed by atoms with van der Waals surface area (Å²) in [6.07, 6.45) is 2.40. The minimum absolute atomic E-state index is 0.312. The number of aromatic nitrogens is 4. The molecular formula is C13H15N5O3. The zero-order valence-corrected chi connectivity index (χ0v) is 11.4. The van der Waals surface area contributed by atoms with Crippen molar-refractivity contribution in [2.24, 2.45) is 0 Å². The van der Waals surface area contributed by atoms with E-state index in [1.165, 1.54) is 11.0 Å². The zero-order chi connectivity index (χ0) is 15.2. The van der Waals surface area contributed by atoms with Gasteiger partial charge in [0.1, 0.15) is 12.4 Å². The average molecular weight is 289 g/mol. The number of rotatable bonds is 6. The number of nitrogens with one attached hydrogen (secondary N) is 1. The molecule has 0 aliphatic carbocycles. The summed E-state index contributed by atoms with van der Waals surface area (Å²) in [6.45, 7) is 1.86. The smallest absolute Gasteiger partial charge is 0.326 e. The lowest BCUT2D eigenvalue weighted by Gasteiger charge is -2.15. The lowest BCUT2D eigenvalue weighted by molar-refractivity contribution is -0.139. The van der Waals surface area contributed by atoms with Crippen molar-refractivity contribution in [3.63, 3.8) is 0 Å². The SMILES string of the molecule is CCCC(NC(=O)c1ccccc1-n1cnnn1)C(=O)O. The number of amides is 1.